The summed E-state index contributed by atoms with van der Waals surface area (Å²) in [5.74, 6) is -0.124. The molecule has 1 aliphatic rings. The van der Waals surface area contributed by atoms with Gasteiger partial charge in [0.05, 0.1) is 0 Å². The highest BCUT2D eigenvalue weighted by atomic mass is 19.1. The molecule has 116 valence electrons. The molecule has 1 unspecified atom stereocenters. The average molecular weight is 299 g/mol. The van der Waals surface area contributed by atoms with Crippen LogP contribution in [0.4, 0.5) is 4.39 Å². The molecule has 4 heteroatoms. The van der Waals surface area contributed by atoms with Crippen LogP contribution in [0, 0.1) is 5.82 Å². The van der Waals surface area contributed by atoms with Crippen molar-refractivity contribution < 1.29 is 4.39 Å². The molecule has 1 aromatic heterocycles. The van der Waals surface area contributed by atoms with Gasteiger partial charge < -0.3 is 5.32 Å². The van der Waals surface area contributed by atoms with Crippen LogP contribution in [0.5, 0.6) is 0 Å². The van der Waals surface area contributed by atoms with Crippen LogP contribution in [0.3, 0.4) is 0 Å². The first-order chi connectivity index (χ1) is 10.8. The lowest BCUT2D eigenvalue weighted by Crippen LogP contribution is -2.43. The molecule has 1 aromatic carbocycles. The first kappa shape index (κ1) is 15.1. The average Bonchev–Trinajstić information content (AvgIpc) is 2.58. The fraction of sp³-hybridized carbons (Fsp3) is 0.389. The number of nitrogens with one attached hydrogen (secondary N) is 1. The summed E-state index contributed by atoms with van der Waals surface area (Å²) in [6, 6.07) is 9.85. The predicted molar refractivity (Wildman–Crippen MR) is 87.0 cm³/mol. The smallest absolute Gasteiger partial charge is 0.128 e. The van der Waals surface area contributed by atoms with Gasteiger partial charge in [-0.2, -0.15) is 0 Å². The van der Waals surface area contributed by atoms with E-state index in [1.807, 2.05) is 31.3 Å². The topological polar surface area (TPSA) is 28.2 Å². The lowest BCUT2D eigenvalue weighted by atomic mass is 10.0. The van der Waals surface area contributed by atoms with E-state index in [9.17, 15) is 4.39 Å². The maximum absolute atomic E-state index is 14.4. The minimum absolute atomic E-state index is 0.124. The second kappa shape index (κ2) is 6.99. The maximum Gasteiger partial charge on any atom is 0.128 e. The number of likely N-dealkylation sites (tertiary alicyclic amines) is 1. The highest BCUT2D eigenvalue weighted by molar-refractivity contribution is 5.63. The minimum atomic E-state index is -0.124. The van der Waals surface area contributed by atoms with Gasteiger partial charge in [-0.15, -0.1) is 0 Å². The lowest BCUT2D eigenvalue weighted by Gasteiger charge is -2.32. The van der Waals surface area contributed by atoms with Crippen LogP contribution in [0.25, 0.3) is 11.1 Å². The van der Waals surface area contributed by atoms with Gasteiger partial charge in [0.15, 0.2) is 0 Å². The quantitative estimate of drug-likeness (QED) is 0.940. The van der Waals surface area contributed by atoms with Gasteiger partial charge >= 0.3 is 0 Å². The molecule has 1 N–H and O–H groups in total. The van der Waals surface area contributed by atoms with E-state index < -0.39 is 0 Å². The van der Waals surface area contributed by atoms with Gasteiger partial charge in [-0.05, 0) is 55.8 Å². The Morgan fingerprint density at radius 1 is 1.23 bits per heavy atom. The van der Waals surface area contributed by atoms with Gasteiger partial charge in [0, 0.05) is 37.1 Å². The molecule has 1 fully saturated rings. The highest BCUT2D eigenvalue weighted by Crippen LogP contribution is 2.23. The first-order valence-corrected chi connectivity index (χ1v) is 7.84. The predicted octanol–water partition coefficient (Wildman–Crippen LogP) is 3.07. The van der Waals surface area contributed by atoms with Crippen molar-refractivity contribution in [2.45, 2.75) is 25.4 Å². The number of likely N-dealkylation sites (N-methyl/N-ethyl adjacent to an activating group) is 1. The van der Waals surface area contributed by atoms with Crippen LogP contribution in [-0.2, 0) is 6.54 Å². The Hall–Kier alpha value is -1.78. The monoisotopic (exact) mass is 299 g/mol. The zero-order valence-electron chi connectivity index (χ0n) is 12.9. The van der Waals surface area contributed by atoms with E-state index >= 15 is 0 Å². The molecule has 0 amide bonds. The van der Waals surface area contributed by atoms with Crippen LogP contribution in [0.2, 0.25) is 0 Å². The van der Waals surface area contributed by atoms with Crippen molar-refractivity contribution in [2.24, 2.45) is 0 Å². The number of aromatic nitrogens is 1. The van der Waals surface area contributed by atoms with Gasteiger partial charge in [-0.3, -0.25) is 9.88 Å². The van der Waals surface area contributed by atoms with E-state index in [0.717, 1.165) is 29.8 Å². The number of hydrogen-bond donors (Lipinski definition) is 1. The fourth-order valence-corrected chi connectivity index (χ4v) is 3.08. The van der Waals surface area contributed by atoms with E-state index in [2.05, 4.69) is 15.2 Å². The summed E-state index contributed by atoms with van der Waals surface area (Å²) in [5, 5.41) is 3.32. The van der Waals surface area contributed by atoms with Gasteiger partial charge in [0.25, 0.3) is 0 Å². The molecule has 0 aliphatic carbocycles. The molecule has 3 nitrogen and oxygen atoms in total. The molecule has 1 atom stereocenters. The molecule has 3 rings (SSSR count). The van der Waals surface area contributed by atoms with Crippen molar-refractivity contribution in [3.8, 4) is 11.1 Å². The zero-order valence-corrected chi connectivity index (χ0v) is 12.9. The second-order valence-electron chi connectivity index (χ2n) is 5.91. The van der Waals surface area contributed by atoms with E-state index in [-0.39, 0.29) is 5.82 Å². The number of piperidine rings is 1. The zero-order chi connectivity index (χ0) is 15.4. The third-order valence-corrected chi connectivity index (χ3v) is 4.37. The number of benzene rings is 1. The maximum atomic E-state index is 14.4. The Labute approximate surface area is 131 Å². The Morgan fingerprint density at radius 2 is 2.05 bits per heavy atom. The fourth-order valence-electron chi connectivity index (χ4n) is 3.08. The Balaban J connectivity index is 1.73. The van der Waals surface area contributed by atoms with Gasteiger partial charge in [0.2, 0.25) is 0 Å². The molecule has 0 bridgehead atoms. The van der Waals surface area contributed by atoms with Crippen LogP contribution in [0.15, 0.2) is 42.7 Å². The Morgan fingerprint density at radius 3 is 2.77 bits per heavy atom. The normalized spacial score (nSPS) is 19.3. The summed E-state index contributed by atoms with van der Waals surface area (Å²) in [6.45, 7) is 2.71. The largest absolute Gasteiger partial charge is 0.316 e. The number of hydrogen-bond acceptors (Lipinski definition) is 3. The van der Waals surface area contributed by atoms with E-state index in [1.54, 1.807) is 18.5 Å². The van der Waals surface area contributed by atoms with E-state index in [1.165, 1.54) is 12.8 Å². The summed E-state index contributed by atoms with van der Waals surface area (Å²) in [4.78, 5) is 6.33. The molecule has 2 heterocycles. The SMILES string of the molecule is CNC1CCCN(Cc2ccc(-c3ccncc3)cc2F)C1. The molecular formula is C18H22FN3. The summed E-state index contributed by atoms with van der Waals surface area (Å²) >= 11 is 0. The molecule has 0 radical (unpaired) electrons. The molecule has 2 aromatic rings. The van der Waals surface area contributed by atoms with E-state index in [4.69, 9.17) is 0 Å². The summed E-state index contributed by atoms with van der Waals surface area (Å²) < 4.78 is 14.4. The number of halogens is 1. The van der Waals surface area contributed by atoms with Crippen molar-refractivity contribution >= 4 is 0 Å². The third-order valence-electron chi connectivity index (χ3n) is 4.37. The van der Waals surface area contributed by atoms with E-state index in [0.29, 0.717) is 12.6 Å². The lowest BCUT2D eigenvalue weighted by molar-refractivity contribution is 0.186. The third kappa shape index (κ3) is 3.51. The first-order valence-electron chi connectivity index (χ1n) is 7.84. The van der Waals surface area contributed by atoms with Crippen LogP contribution < -0.4 is 5.32 Å². The standard InChI is InChI=1S/C18H22FN3/c1-20-17-3-2-10-22(13-17)12-16-5-4-15(11-18(16)19)14-6-8-21-9-7-14/h4-9,11,17,20H,2-3,10,12-13H2,1H3. The van der Waals surface area contributed by atoms with Crippen molar-refractivity contribution in [1.29, 1.82) is 0 Å². The van der Waals surface area contributed by atoms with Crippen molar-refractivity contribution in [3.05, 3.63) is 54.1 Å². The van der Waals surface area contributed by atoms with Crippen molar-refractivity contribution in [3.63, 3.8) is 0 Å². The van der Waals surface area contributed by atoms with Crippen LogP contribution in [0.1, 0.15) is 18.4 Å². The molecule has 0 spiro atoms. The summed E-state index contributed by atoms with van der Waals surface area (Å²) in [5.41, 5.74) is 2.67. The van der Waals surface area contributed by atoms with Crippen molar-refractivity contribution in [1.82, 2.24) is 15.2 Å². The summed E-state index contributed by atoms with van der Waals surface area (Å²) in [6.07, 6.45) is 5.83. The van der Waals surface area contributed by atoms with Gasteiger partial charge in [-0.25, -0.2) is 4.39 Å². The molecule has 1 aliphatic heterocycles. The molecule has 0 saturated carbocycles. The number of rotatable bonds is 4. The van der Waals surface area contributed by atoms with Crippen LogP contribution in [-0.4, -0.2) is 36.1 Å². The summed E-state index contributed by atoms with van der Waals surface area (Å²) in [7, 11) is 2.00. The van der Waals surface area contributed by atoms with Gasteiger partial charge in [0.1, 0.15) is 5.82 Å². The van der Waals surface area contributed by atoms with Crippen molar-refractivity contribution in [2.75, 3.05) is 20.1 Å². The molecule has 1 saturated heterocycles. The highest BCUT2D eigenvalue weighted by Gasteiger charge is 2.19. The number of nitrogens with zero attached hydrogens (tertiary/aromatic N) is 2. The molecular weight excluding hydrogens is 277 g/mol. The minimum Gasteiger partial charge on any atom is -0.316 e. The Kier molecular flexibility index (Phi) is 4.80. The second-order valence-corrected chi connectivity index (χ2v) is 5.91. The number of pyridine rings is 1. The van der Waals surface area contributed by atoms with Gasteiger partial charge in [-0.1, -0.05) is 12.1 Å². The van der Waals surface area contributed by atoms with Crippen LogP contribution >= 0.6 is 0 Å². The molecule has 22 heavy (non-hydrogen) atoms. The Bertz CT molecular complexity index is 615.